The Morgan fingerprint density at radius 2 is 1.91 bits per heavy atom. The molecule has 130 valence electrons. The Balaban J connectivity index is 2.43. The molecule has 0 aromatic heterocycles. The average Bonchev–Trinajstić information content (AvgIpc) is 2.50. The maximum absolute atomic E-state index is 6.27. The Labute approximate surface area is 142 Å². The van der Waals surface area contributed by atoms with E-state index in [9.17, 15) is 0 Å². The first-order valence-electron chi connectivity index (χ1n) is 9.35. The number of ether oxygens (including phenoxy) is 1. The quantitative estimate of drug-likeness (QED) is 0.805. The molecule has 23 heavy (non-hydrogen) atoms. The Bertz CT molecular complexity index is 503. The molecule has 1 aliphatic rings. The monoisotopic (exact) mass is 317 g/mol. The molecule has 0 heterocycles. The zero-order valence-electron chi connectivity index (χ0n) is 15.7. The van der Waals surface area contributed by atoms with Gasteiger partial charge < -0.3 is 10.5 Å². The molecule has 1 saturated carbocycles. The van der Waals surface area contributed by atoms with Crippen LogP contribution in [0.3, 0.4) is 0 Å². The predicted molar refractivity (Wildman–Crippen MR) is 99.2 cm³/mol. The summed E-state index contributed by atoms with van der Waals surface area (Å²) in [6.07, 6.45) is 5.35. The number of hydrogen-bond acceptors (Lipinski definition) is 2. The molecule has 0 radical (unpaired) electrons. The van der Waals surface area contributed by atoms with Crippen molar-refractivity contribution >= 4 is 0 Å². The molecule has 2 heteroatoms. The van der Waals surface area contributed by atoms with Crippen LogP contribution in [-0.4, -0.2) is 13.2 Å². The molecule has 2 rings (SSSR count). The Kier molecular flexibility index (Phi) is 6.13. The second-order valence-corrected chi connectivity index (χ2v) is 8.20. The van der Waals surface area contributed by atoms with Crippen LogP contribution in [0.5, 0.6) is 5.75 Å². The zero-order valence-corrected chi connectivity index (χ0v) is 15.7. The van der Waals surface area contributed by atoms with Crippen LogP contribution in [0.2, 0.25) is 0 Å². The summed E-state index contributed by atoms with van der Waals surface area (Å²) < 4.78 is 5.96. The summed E-state index contributed by atoms with van der Waals surface area (Å²) in [4.78, 5) is 0. The summed E-state index contributed by atoms with van der Waals surface area (Å²) in [5, 5.41) is 0. The van der Waals surface area contributed by atoms with Crippen molar-refractivity contribution in [2.45, 2.75) is 71.6 Å². The maximum atomic E-state index is 6.27. The van der Waals surface area contributed by atoms with Crippen molar-refractivity contribution in [3.05, 3.63) is 29.3 Å². The van der Waals surface area contributed by atoms with Crippen molar-refractivity contribution in [3.8, 4) is 5.75 Å². The topological polar surface area (TPSA) is 35.2 Å². The molecule has 0 bridgehead atoms. The number of benzene rings is 1. The lowest BCUT2D eigenvalue weighted by molar-refractivity contribution is 0.214. The van der Waals surface area contributed by atoms with Crippen LogP contribution in [0.1, 0.15) is 77.3 Å². The van der Waals surface area contributed by atoms with Crippen molar-refractivity contribution in [3.63, 3.8) is 0 Å². The van der Waals surface area contributed by atoms with Gasteiger partial charge in [0.25, 0.3) is 0 Å². The maximum Gasteiger partial charge on any atom is 0.122 e. The third-order valence-corrected chi connectivity index (χ3v) is 5.52. The van der Waals surface area contributed by atoms with E-state index in [4.69, 9.17) is 10.5 Å². The van der Waals surface area contributed by atoms with Crippen molar-refractivity contribution < 1.29 is 4.74 Å². The van der Waals surface area contributed by atoms with Gasteiger partial charge in [-0.1, -0.05) is 59.1 Å². The van der Waals surface area contributed by atoms with E-state index in [1.807, 2.05) is 0 Å². The Morgan fingerprint density at radius 1 is 1.22 bits per heavy atom. The lowest BCUT2D eigenvalue weighted by atomic mass is 9.70. The second kappa shape index (κ2) is 7.70. The van der Waals surface area contributed by atoms with Crippen LogP contribution in [0.25, 0.3) is 0 Å². The lowest BCUT2D eigenvalue weighted by Crippen LogP contribution is -2.29. The first-order chi connectivity index (χ1) is 10.9. The third-order valence-electron chi connectivity index (χ3n) is 5.52. The molecule has 0 amide bonds. The minimum absolute atomic E-state index is 0.150. The highest BCUT2D eigenvalue weighted by Gasteiger charge is 2.31. The molecular formula is C21H35NO. The van der Waals surface area contributed by atoms with Gasteiger partial charge in [-0.3, -0.25) is 0 Å². The largest absolute Gasteiger partial charge is 0.494 e. The van der Waals surface area contributed by atoms with Gasteiger partial charge in [-0.2, -0.15) is 0 Å². The molecule has 3 unspecified atom stereocenters. The Hall–Kier alpha value is -1.02. The zero-order chi connectivity index (χ0) is 17.0. The van der Waals surface area contributed by atoms with E-state index in [0.717, 1.165) is 11.7 Å². The van der Waals surface area contributed by atoms with E-state index in [1.54, 1.807) is 0 Å². The molecular weight excluding hydrogens is 282 g/mol. The summed E-state index contributed by atoms with van der Waals surface area (Å²) >= 11 is 0. The van der Waals surface area contributed by atoms with Gasteiger partial charge in [0.15, 0.2) is 0 Å². The second-order valence-electron chi connectivity index (χ2n) is 8.20. The van der Waals surface area contributed by atoms with Gasteiger partial charge >= 0.3 is 0 Å². The summed E-state index contributed by atoms with van der Waals surface area (Å²) in [5.74, 6) is 2.89. The van der Waals surface area contributed by atoms with Crippen LogP contribution in [0, 0.1) is 11.8 Å². The van der Waals surface area contributed by atoms with Gasteiger partial charge in [0.05, 0.1) is 6.61 Å². The molecule has 2 nitrogen and oxygen atoms in total. The van der Waals surface area contributed by atoms with E-state index in [-0.39, 0.29) is 5.41 Å². The molecule has 1 aliphatic carbocycles. The van der Waals surface area contributed by atoms with Gasteiger partial charge in [-0.05, 0) is 54.3 Å². The summed E-state index contributed by atoms with van der Waals surface area (Å²) in [6.45, 7) is 12.7. The van der Waals surface area contributed by atoms with E-state index in [2.05, 4.69) is 52.8 Å². The summed E-state index contributed by atoms with van der Waals surface area (Å²) in [5.41, 5.74) is 9.12. The van der Waals surface area contributed by atoms with Gasteiger partial charge in [0.2, 0.25) is 0 Å². The van der Waals surface area contributed by atoms with Crippen LogP contribution >= 0.6 is 0 Å². The van der Waals surface area contributed by atoms with Crippen molar-refractivity contribution in [2.24, 2.45) is 17.6 Å². The van der Waals surface area contributed by atoms with E-state index >= 15 is 0 Å². The molecule has 1 aromatic carbocycles. The third kappa shape index (κ3) is 4.29. The molecule has 3 atom stereocenters. The highest BCUT2D eigenvalue weighted by molar-refractivity contribution is 5.42. The van der Waals surface area contributed by atoms with Gasteiger partial charge in [0, 0.05) is 5.92 Å². The van der Waals surface area contributed by atoms with Crippen LogP contribution in [-0.2, 0) is 5.41 Å². The fraction of sp³-hybridized carbons (Fsp3) is 0.714. The van der Waals surface area contributed by atoms with Crippen molar-refractivity contribution in [2.75, 3.05) is 13.2 Å². The normalized spacial score (nSPS) is 23.6. The first-order valence-corrected chi connectivity index (χ1v) is 9.35. The van der Waals surface area contributed by atoms with Gasteiger partial charge in [-0.25, -0.2) is 0 Å². The minimum atomic E-state index is 0.150. The molecule has 2 N–H and O–H groups in total. The minimum Gasteiger partial charge on any atom is -0.494 e. The van der Waals surface area contributed by atoms with E-state index in [1.165, 1.54) is 36.8 Å². The van der Waals surface area contributed by atoms with Crippen molar-refractivity contribution in [1.29, 1.82) is 0 Å². The van der Waals surface area contributed by atoms with Gasteiger partial charge in [0.1, 0.15) is 5.75 Å². The summed E-state index contributed by atoms with van der Waals surface area (Å²) in [6, 6.07) is 6.74. The van der Waals surface area contributed by atoms with E-state index in [0.29, 0.717) is 25.0 Å². The molecule has 0 aliphatic heterocycles. The summed E-state index contributed by atoms with van der Waals surface area (Å²) in [7, 11) is 0. The number of hydrogen-bond donors (Lipinski definition) is 1. The van der Waals surface area contributed by atoms with Crippen LogP contribution in [0.4, 0.5) is 0 Å². The number of rotatable bonds is 5. The SMILES string of the molecule is CCOc1ccc(C(C)(C)C)cc1C(CN)C1CCCCC1C. The standard InChI is InChI=1S/C21H35NO/c1-6-23-20-12-11-16(21(3,4)5)13-18(20)19(14-22)17-10-8-7-9-15(17)2/h11-13,15,17,19H,6-10,14,22H2,1-5H3. The first kappa shape index (κ1) is 18.3. The van der Waals surface area contributed by atoms with Gasteiger partial charge in [-0.15, -0.1) is 0 Å². The number of nitrogens with two attached hydrogens (primary N) is 1. The fourth-order valence-electron chi connectivity index (χ4n) is 4.07. The smallest absolute Gasteiger partial charge is 0.122 e. The van der Waals surface area contributed by atoms with Crippen LogP contribution in [0.15, 0.2) is 18.2 Å². The average molecular weight is 318 g/mol. The van der Waals surface area contributed by atoms with E-state index < -0.39 is 0 Å². The van der Waals surface area contributed by atoms with Crippen LogP contribution < -0.4 is 10.5 Å². The highest BCUT2D eigenvalue weighted by Crippen LogP contribution is 2.43. The Morgan fingerprint density at radius 3 is 2.48 bits per heavy atom. The molecule has 1 aromatic rings. The fourth-order valence-corrected chi connectivity index (χ4v) is 4.07. The lowest BCUT2D eigenvalue weighted by Gasteiger charge is -2.36. The van der Waals surface area contributed by atoms with Crippen molar-refractivity contribution in [1.82, 2.24) is 0 Å². The molecule has 1 fully saturated rings. The molecule has 0 spiro atoms. The predicted octanol–water partition coefficient (Wildman–Crippen LogP) is 5.25. The highest BCUT2D eigenvalue weighted by atomic mass is 16.5. The molecule has 0 saturated heterocycles.